The molecule has 0 radical (unpaired) electrons. The van der Waals surface area contributed by atoms with Crippen LogP contribution in [0.5, 0.6) is 5.75 Å². The smallest absolute Gasteiger partial charge is 0.235 e. The zero-order valence-electron chi connectivity index (χ0n) is 19.8. The first kappa shape index (κ1) is 22.0. The minimum absolute atomic E-state index is 0.127. The summed E-state index contributed by atoms with van der Waals surface area (Å²) in [6.07, 6.45) is 3.70. The predicted octanol–water partition coefficient (Wildman–Crippen LogP) is 3.33. The minimum atomic E-state index is -0.769. The molecule has 2 aromatic rings. The molecule has 2 aromatic carbocycles. The van der Waals surface area contributed by atoms with Crippen LogP contribution >= 0.6 is 0 Å². The molecule has 0 bridgehead atoms. The summed E-state index contributed by atoms with van der Waals surface area (Å²) in [5.41, 5.74) is 3.46. The number of likely N-dealkylation sites (tertiary alicyclic amines) is 1. The van der Waals surface area contributed by atoms with Crippen molar-refractivity contribution >= 4 is 28.9 Å². The van der Waals surface area contributed by atoms with Gasteiger partial charge in [-0.2, -0.15) is 0 Å². The number of fused-ring (bicyclic) bond motifs is 5. The quantitative estimate of drug-likeness (QED) is 0.491. The number of allylic oxidation sites excluding steroid dienone is 1. The van der Waals surface area contributed by atoms with E-state index in [1.165, 1.54) is 4.90 Å². The van der Waals surface area contributed by atoms with Gasteiger partial charge in [0.25, 0.3) is 0 Å². The lowest BCUT2D eigenvalue weighted by Crippen LogP contribution is -2.49. The van der Waals surface area contributed by atoms with Crippen molar-refractivity contribution < 1.29 is 23.9 Å². The predicted molar refractivity (Wildman–Crippen MR) is 130 cm³/mol. The molecule has 0 N–H and O–H groups in total. The SMILES string of the molecule is COc1ccc(C(=O)[C@H]2[C@H]3C(=O)N(C[C@@H]4CCCO4)C(=O)[C@@H]3[C@@H]3C=C(C)c4ccccc4N32)cc1. The van der Waals surface area contributed by atoms with Gasteiger partial charge in [0.15, 0.2) is 5.78 Å². The summed E-state index contributed by atoms with van der Waals surface area (Å²) >= 11 is 0. The fraction of sp³-hybridized carbons (Fsp3) is 0.393. The number of Topliss-reactive ketones (excluding diaryl/α,β-unsaturated/α-hetero) is 1. The third-order valence-electron chi connectivity index (χ3n) is 7.90. The number of carbonyl (C=O) groups is 3. The van der Waals surface area contributed by atoms with E-state index in [0.717, 1.165) is 29.7 Å². The molecule has 180 valence electrons. The molecular formula is C28H28N2O5. The van der Waals surface area contributed by atoms with Crippen LogP contribution in [0.1, 0.15) is 35.7 Å². The average Bonchev–Trinajstić information content (AvgIpc) is 3.57. The maximum atomic E-state index is 14.0. The molecule has 3 saturated heterocycles. The Morgan fingerprint density at radius 3 is 2.51 bits per heavy atom. The number of hydrogen-bond donors (Lipinski definition) is 0. The molecule has 0 saturated carbocycles. The van der Waals surface area contributed by atoms with Crippen LogP contribution in [-0.4, -0.2) is 60.9 Å². The third kappa shape index (κ3) is 3.32. The van der Waals surface area contributed by atoms with Crippen molar-refractivity contribution in [2.24, 2.45) is 11.8 Å². The first-order valence-corrected chi connectivity index (χ1v) is 12.2. The Morgan fingerprint density at radius 2 is 1.80 bits per heavy atom. The van der Waals surface area contributed by atoms with Crippen molar-refractivity contribution in [3.63, 3.8) is 0 Å². The minimum Gasteiger partial charge on any atom is -0.497 e. The Balaban J connectivity index is 1.44. The Kier molecular flexibility index (Phi) is 5.25. The number of amides is 2. The van der Waals surface area contributed by atoms with Gasteiger partial charge in [0.05, 0.1) is 37.6 Å². The summed E-state index contributed by atoms with van der Waals surface area (Å²) in [7, 11) is 1.58. The molecule has 7 heteroatoms. The number of benzene rings is 2. The summed E-state index contributed by atoms with van der Waals surface area (Å²) in [6, 6.07) is 13.7. The molecule has 4 aliphatic rings. The molecule has 5 atom stereocenters. The number of rotatable bonds is 5. The van der Waals surface area contributed by atoms with E-state index in [1.807, 2.05) is 36.1 Å². The average molecular weight is 473 g/mol. The zero-order chi connectivity index (χ0) is 24.3. The number of ketones is 1. The summed E-state index contributed by atoms with van der Waals surface area (Å²) in [4.78, 5) is 44.9. The molecule has 35 heavy (non-hydrogen) atoms. The van der Waals surface area contributed by atoms with Crippen molar-refractivity contribution in [1.82, 2.24) is 4.90 Å². The first-order valence-electron chi connectivity index (χ1n) is 12.2. The van der Waals surface area contributed by atoms with E-state index >= 15 is 0 Å². The largest absolute Gasteiger partial charge is 0.497 e. The molecule has 3 fully saturated rings. The van der Waals surface area contributed by atoms with Gasteiger partial charge in [0.2, 0.25) is 11.8 Å². The van der Waals surface area contributed by atoms with Crippen molar-refractivity contribution in [2.75, 3.05) is 25.2 Å². The molecular weight excluding hydrogens is 444 g/mol. The Morgan fingerprint density at radius 1 is 1.06 bits per heavy atom. The lowest BCUT2D eigenvalue weighted by molar-refractivity contribution is -0.142. The lowest BCUT2D eigenvalue weighted by Gasteiger charge is -2.38. The molecule has 2 amide bonds. The van der Waals surface area contributed by atoms with Gasteiger partial charge in [-0.3, -0.25) is 19.3 Å². The number of imide groups is 1. The molecule has 0 aliphatic carbocycles. The maximum Gasteiger partial charge on any atom is 0.235 e. The molecule has 4 aliphatic heterocycles. The highest BCUT2D eigenvalue weighted by molar-refractivity contribution is 6.14. The van der Waals surface area contributed by atoms with Gasteiger partial charge >= 0.3 is 0 Å². The zero-order valence-corrected chi connectivity index (χ0v) is 19.8. The van der Waals surface area contributed by atoms with E-state index in [2.05, 4.69) is 6.08 Å². The highest BCUT2D eigenvalue weighted by atomic mass is 16.5. The molecule has 4 heterocycles. The second kappa shape index (κ2) is 8.34. The van der Waals surface area contributed by atoms with E-state index < -0.39 is 17.9 Å². The van der Waals surface area contributed by atoms with Gasteiger partial charge in [0.1, 0.15) is 11.8 Å². The molecule has 0 unspecified atom stereocenters. The highest BCUT2D eigenvalue weighted by Gasteiger charge is 2.64. The normalized spacial score (nSPS) is 29.1. The Labute approximate surface area is 204 Å². The van der Waals surface area contributed by atoms with E-state index in [0.29, 0.717) is 17.9 Å². The molecule has 0 aromatic heterocycles. The number of anilines is 1. The van der Waals surface area contributed by atoms with E-state index in [9.17, 15) is 14.4 Å². The number of methoxy groups -OCH3 is 1. The molecule has 6 rings (SSSR count). The summed E-state index contributed by atoms with van der Waals surface area (Å²) in [5.74, 6) is -1.30. The fourth-order valence-electron chi connectivity index (χ4n) is 6.26. The van der Waals surface area contributed by atoms with Crippen molar-refractivity contribution in [2.45, 2.75) is 38.0 Å². The Hall–Kier alpha value is -3.45. The van der Waals surface area contributed by atoms with E-state index in [1.54, 1.807) is 31.4 Å². The van der Waals surface area contributed by atoms with Crippen LogP contribution in [-0.2, 0) is 14.3 Å². The third-order valence-corrected chi connectivity index (χ3v) is 7.90. The first-order chi connectivity index (χ1) is 17.0. The lowest BCUT2D eigenvalue weighted by atomic mass is 9.85. The monoisotopic (exact) mass is 472 g/mol. The number of carbonyl (C=O) groups excluding carboxylic acids is 3. The van der Waals surface area contributed by atoms with Gasteiger partial charge in [-0.05, 0) is 55.7 Å². The van der Waals surface area contributed by atoms with E-state index in [4.69, 9.17) is 9.47 Å². The standard InChI is InChI=1S/C28H28N2O5/c1-16-14-22-23-24(28(33)29(27(23)32)15-19-6-5-13-35-19)25(30(22)21-8-4-3-7-20(16)21)26(31)17-9-11-18(34-2)12-10-17/h3-4,7-12,14,19,22-25H,5-6,13,15H2,1-2H3/t19-,22-,23+,24-,25+/m0/s1. The van der Waals surface area contributed by atoms with Crippen LogP contribution in [0.2, 0.25) is 0 Å². The van der Waals surface area contributed by atoms with Crippen molar-refractivity contribution in [3.05, 3.63) is 65.7 Å². The van der Waals surface area contributed by atoms with Gasteiger partial charge in [-0.1, -0.05) is 24.3 Å². The van der Waals surface area contributed by atoms with Gasteiger partial charge in [-0.25, -0.2) is 0 Å². The van der Waals surface area contributed by atoms with Crippen LogP contribution in [0.4, 0.5) is 5.69 Å². The number of para-hydroxylation sites is 1. The summed E-state index contributed by atoms with van der Waals surface area (Å²) in [5, 5.41) is 0. The van der Waals surface area contributed by atoms with Gasteiger partial charge in [-0.15, -0.1) is 0 Å². The second-order valence-corrected chi connectivity index (χ2v) is 9.78. The van der Waals surface area contributed by atoms with Crippen molar-refractivity contribution in [3.8, 4) is 5.75 Å². The fourth-order valence-corrected chi connectivity index (χ4v) is 6.26. The topological polar surface area (TPSA) is 76.1 Å². The van der Waals surface area contributed by atoms with Crippen LogP contribution in [0.3, 0.4) is 0 Å². The van der Waals surface area contributed by atoms with Crippen LogP contribution in [0.25, 0.3) is 5.57 Å². The molecule has 0 spiro atoms. The molecule has 7 nitrogen and oxygen atoms in total. The maximum absolute atomic E-state index is 14.0. The van der Waals surface area contributed by atoms with Crippen LogP contribution in [0.15, 0.2) is 54.6 Å². The van der Waals surface area contributed by atoms with Crippen molar-refractivity contribution in [1.29, 1.82) is 0 Å². The van der Waals surface area contributed by atoms with E-state index in [-0.39, 0.29) is 36.3 Å². The number of ether oxygens (including phenoxy) is 2. The number of hydrogen-bond acceptors (Lipinski definition) is 6. The van der Waals surface area contributed by atoms with Crippen LogP contribution < -0.4 is 9.64 Å². The summed E-state index contributed by atoms with van der Waals surface area (Å²) < 4.78 is 11.0. The van der Waals surface area contributed by atoms with Gasteiger partial charge in [0, 0.05) is 23.4 Å². The van der Waals surface area contributed by atoms with Crippen LogP contribution in [0, 0.1) is 11.8 Å². The summed E-state index contributed by atoms with van der Waals surface area (Å²) in [6.45, 7) is 2.94. The second-order valence-electron chi connectivity index (χ2n) is 9.78. The van der Waals surface area contributed by atoms with Gasteiger partial charge < -0.3 is 14.4 Å². The Bertz CT molecular complexity index is 1230. The number of nitrogens with zero attached hydrogens (tertiary/aromatic N) is 2. The highest BCUT2D eigenvalue weighted by Crippen LogP contribution is 2.50.